The molecular weight excluding hydrogens is 278 g/mol. The van der Waals surface area contributed by atoms with Crippen LogP contribution in [0.4, 0.5) is 0 Å². The zero-order valence-corrected chi connectivity index (χ0v) is 12.6. The minimum Gasteiger partial charge on any atom is -0.494 e. The van der Waals surface area contributed by atoms with E-state index in [2.05, 4.69) is 9.97 Å². The van der Waals surface area contributed by atoms with Crippen molar-refractivity contribution in [3.63, 3.8) is 0 Å². The number of rotatable bonds is 4. The van der Waals surface area contributed by atoms with Crippen molar-refractivity contribution in [2.24, 2.45) is 0 Å². The standard InChI is InChI=1S/C17H17N3O2/c1-3-14(13-8-4-5-10-18-13)20-11-19-16-12(17(20)21)7-6-9-15(16)22-2/h4-11,14H,3H2,1-2H3. The van der Waals surface area contributed by atoms with Gasteiger partial charge in [0.05, 0.1) is 30.6 Å². The molecule has 5 heteroatoms. The number of methoxy groups -OCH3 is 1. The number of hydrogen-bond donors (Lipinski definition) is 0. The van der Waals surface area contributed by atoms with Gasteiger partial charge in [-0.05, 0) is 30.7 Å². The Morgan fingerprint density at radius 3 is 2.73 bits per heavy atom. The summed E-state index contributed by atoms with van der Waals surface area (Å²) in [5.41, 5.74) is 1.36. The van der Waals surface area contributed by atoms with Gasteiger partial charge in [-0.3, -0.25) is 14.3 Å². The summed E-state index contributed by atoms with van der Waals surface area (Å²) in [5.74, 6) is 0.604. The van der Waals surface area contributed by atoms with Gasteiger partial charge in [-0.25, -0.2) is 4.98 Å². The van der Waals surface area contributed by atoms with Gasteiger partial charge in [0.25, 0.3) is 5.56 Å². The van der Waals surface area contributed by atoms with Gasteiger partial charge in [0, 0.05) is 6.20 Å². The van der Waals surface area contributed by atoms with Crippen molar-refractivity contribution in [2.45, 2.75) is 19.4 Å². The van der Waals surface area contributed by atoms with Gasteiger partial charge < -0.3 is 4.74 Å². The highest BCUT2D eigenvalue weighted by Gasteiger charge is 2.17. The molecule has 3 aromatic rings. The van der Waals surface area contributed by atoms with Crippen molar-refractivity contribution in [1.82, 2.24) is 14.5 Å². The van der Waals surface area contributed by atoms with Gasteiger partial charge in [0.2, 0.25) is 0 Å². The second kappa shape index (κ2) is 5.97. The Morgan fingerprint density at radius 2 is 2.05 bits per heavy atom. The summed E-state index contributed by atoms with van der Waals surface area (Å²) >= 11 is 0. The summed E-state index contributed by atoms with van der Waals surface area (Å²) in [5, 5.41) is 0.552. The Bertz CT molecular complexity index is 843. The molecule has 0 amide bonds. The predicted octanol–water partition coefficient (Wildman–Crippen LogP) is 2.80. The normalized spacial score (nSPS) is 12.3. The van der Waals surface area contributed by atoms with Gasteiger partial charge in [0.15, 0.2) is 0 Å². The van der Waals surface area contributed by atoms with Crippen LogP contribution >= 0.6 is 0 Å². The Balaban J connectivity index is 2.19. The lowest BCUT2D eigenvalue weighted by molar-refractivity contribution is 0.418. The highest BCUT2D eigenvalue weighted by molar-refractivity contribution is 5.83. The van der Waals surface area contributed by atoms with Crippen LogP contribution in [0.15, 0.2) is 53.7 Å². The Kier molecular flexibility index (Phi) is 3.87. The number of fused-ring (bicyclic) bond motifs is 1. The smallest absolute Gasteiger partial charge is 0.261 e. The Morgan fingerprint density at radius 1 is 1.18 bits per heavy atom. The molecule has 2 aromatic heterocycles. The maximum atomic E-state index is 12.8. The molecule has 0 spiro atoms. The zero-order chi connectivity index (χ0) is 15.5. The van der Waals surface area contributed by atoms with Gasteiger partial charge in [0.1, 0.15) is 11.3 Å². The number of benzene rings is 1. The molecule has 22 heavy (non-hydrogen) atoms. The molecule has 1 atom stereocenters. The van der Waals surface area contributed by atoms with Crippen LogP contribution in [-0.4, -0.2) is 21.6 Å². The van der Waals surface area contributed by atoms with Crippen molar-refractivity contribution in [1.29, 1.82) is 0 Å². The third-order valence-electron chi connectivity index (χ3n) is 3.75. The van der Waals surface area contributed by atoms with E-state index in [-0.39, 0.29) is 11.6 Å². The van der Waals surface area contributed by atoms with Crippen molar-refractivity contribution in [3.05, 3.63) is 65.0 Å². The maximum absolute atomic E-state index is 12.8. The zero-order valence-electron chi connectivity index (χ0n) is 12.6. The minimum atomic E-state index is -0.128. The van der Waals surface area contributed by atoms with E-state index in [4.69, 9.17) is 4.74 Å². The Labute approximate surface area is 128 Å². The minimum absolute atomic E-state index is 0.0820. The van der Waals surface area contributed by atoms with Gasteiger partial charge >= 0.3 is 0 Å². The van der Waals surface area contributed by atoms with E-state index < -0.39 is 0 Å². The van der Waals surface area contributed by atoms with Crippen LogP contribution in [-0.2, 0) is 0 Å². The second-order valence-corrected chi connectivity index (χ2v) is 4.99. The number of para-hydroxylation sites is 1. The lowest BCUT2D eigenvalue weighted by Crippen LogP contribution is -2.26. The van der Waals surface area contributed by atoms with Gasteiger partial charge in [-0.2, -0.15) is 0 Å². The van der Waals surface area contributed by atoms with Crippen molar-refractivity contribution in [3.8, 4) is 5.75 Å². The molecule has 1 aromatic carbocycles. The predicted molar refractivity (Wildman–Crippen MR) is 85.2 cm³/mol. The maximum Gasteiger partial charge on any atom is 0.261 e. The van der Waals surface area contributed by atoms with E-state index in [1.165, 1.54) is 0 Å². The summed E-state index contributed by atoms with van der Waals surface area (Å²) in [7, 11) is 1.57. The highest BCUT2D eigenvalue weighted by Crippen LogP contribution is 2.23. The van der Waals surface area contributed by atoms with E-state index in [9.17, 15) is 4.79 Å². The van der Waals surface area contributed by atoms with Crippen LogP contribution in [0.5, 0.6) is 5.75 Å². The average molecular weight is 295 g/mol. The van der Waals surface area contributed by atoms with Gasteiger partial charge in [-0.1, -0.05) is 19.1 Å². The second-order valence-electron chi connectivity index (χ2n) is 4.99. The fourth-order valence-electron chi connectivity index (χ4n) is 2.65. The molecule has 0 radical (unpaired) electrons. The Hall–Kier alpha value is -2.69. The number of aromatic nitrogens is 3. The first kappa shape index (κ1) is 14.3. The summed E-state index contributed by atoms with van der Waals surface area (Å²) in [6, 6.07) is 11.0. The molecular formula is C17H17N3O2. The lowest BCUT2D eigenvalue weighted by atomic mass is 10.1. The number of hydrogen-bond acceptors (Lipinski definition) is 4. The van der Waals surface area contributed by atoms with Crippen LogP contribution in [0.3, 0.4) is 0 Å². The first-order chi connectivity index (χ1) is 10.8. The molecule has 1 unspecified atom stereocenters. The monoisotopic (exact) mass is 295 g/mol. The van der Waals surface area contributed by atoms with Crippen molar-refractivity contribution < 1.29 is 4.74 Å². The third kappa shape index (κ3) is 2.35. The first-order valence-corrected chi connectivity index (χ1v) is 7.21. The van der Waals surface area contributed by atoms with E-state index >= 15 is 0 Å². The first-order valence-electron chi connectivity index (χ1n) is 7.21. The molecule has 0 N–H and O–H groups in total. The van der Waals surface area contributed by atoms with Crippen LogP contribution in [0.25, 0.3) is 10.9 Å². The molecule has 0 aliphatic heterocycles. The van der Waals surface area contributed by atoms with Crippen LogP contribution < -0.4 is 10.3 Å². The van der Waals surface area contributed by atoms with Crippen molar-refractivity contribution in [2.75, 3.05) is 7.11 Å². The molecule has 0 fully saturated rings. The molecule has 3 rings (SSSR count). The molecule has 0 saturated carbocycles. The fourth-order valence-corrected chi connectivity index (χ4v) is 2.65. The highest BCUT2D eigenvalue weighted by atomic mass is 16.5. The van der Waals surface area contributed by atoms with E-state index in [0.29, 0.717) is 16.7 Å². The summed E-state index contributed by atoms with van der Waals surface area (Å²) in [6.45, 7) is 2.03. The molecule has 0 bridgehead atoms. The largest absolute Gasteiger partial charge is 0.494 e. The van der Waals surface area contributed by atoms with Crippen LogP contribution in [0.2, 0.25) is 0 Å². The van der Waals surface area contributed by atoms with Crippen LogP contribution in [0.1, 0.15) is 25.1 Å². The fraction of sp³-hybridized carbons (Fsp3) is 0.235. The summed E-state index contributed by atoms with van der Waals surface area (Å²) in [6.07, 6.45) is 4.07. The average Bonchev–Trinajstić information content (AvgIpc) is 2.58. The summed E-state index contributed by atoms with van der Waals surface area (Å²) < 4.78 is 6.91. The number of pyridine rings is 1. The van der Waals surface area contributed by atoms with E-state index in [1.807, 2.05) is 25.1 Å². The molecule has 2 heterocycles. The number of ether oxygens (including phenoxy) is 1. The van der Waals surface area contributed by atoms with E-state index in [1.54, 1.807) is 42.4 Å². The van der Waals surface area contributed by atoms with Crippen molar-refractivity contribution >= 4 is 10.9 Å². The van der Waals surface area contributed by atoms with Gasteiger partial charge in [-0.15, -0.1) is 0 Å². The molecule has 5 nitrogen and oxygen atoms in total. The molecule has 0 aliphatic rings. The van der Waals surface area contributed by atoms with Crippen LogP contribution in [0, 0.1) is 0 Å². The SMILES string of the molecule is CCC(c1ccccn1)n1cnc2c(OC)cccc2c1=O. The number of nitrogens with zero attached hydrogens (tertiary/aromatic N) is 3. The molecule has 0 aliphatic carbocycles. The third-order valence-corrected chi connectivity index (χ3v) is 3.75. The molecule has 0 saturated heterocycles. The lowest BCUT2D eigenvalue weighted by Gasteiger charge is -2.18. The topological polar surface area (TPSA) is 57.0 Å². The summed E-state index contributed by atoms with van der Waals surface area (Å²) in [4.78, 5) is 21.6. The quantitative estimate of drug-likeness (QED) is 0.742. The molecule has 112 valence electrons. The van der Waals surface area contributed by atoms with E-state index in [0.717, 1.165) is 12.1 Å².